The normalized spacial score (nSPS) is 15.8. The van der Waals surface area contributed by atoms with Crippen molar-refractivity contribution in [3.8, 4) is 11.5 Å². The van der Waals surface area contributed by atoms with E-state index in [4.69, 9.17) is 21.1 Å². The number of carbonyl (C=O) groups is 1. The molecule has 2 heterocycles. The molecule has 0 unspecified atom stereocenters. The number of halogens is 1. The predicted molar refractivity (Wildman–Crippen MR) is 120 cm³/mol. The van der Waals surface area contributed by atoms with Crippen molar-refractivity contribution in [3.63, 3.8) is 0 Å². The Morgan fingerprint density at radius 1 is 1.23 bits per heavy atom. The van der Waals surface area contributed by atoms with E-state index in [0.717, 1.165) is 35.7 Å². The van der Waals surface area contributed by atoms with Crippen LogP contribution in [0.4, 0.5) is 0 Å². The molecule has 0 bridgehead atoms. The second-order valence-corrected chi connectivity index (χ2v) is 8.10. The van der Waals surface area contributed by atoms with E-state index >= 15 is 0 Å². The smallest absolute Gasteiger partial charge is 0.227 e. The molecule has 31 heavy (non-hydrogen) atoms. The molecule has 0 spiro atoms. The summed E-state index contributed by atoms with van der Waals surface area (Å²) in [6.45, 7) is 1.98. The molecule has 6 nitrogen and oxygen atoms in total. The number of aromatic nitrogens is 2. The summed E-state index contributed by atoms with van der Waals surface area (Å²) in [5, 5.41) is 8.19. The SMILES string of the molecule is COc1ccc(CC(=O)N2CC[C@H](c3cc(CCOc4ccccc4Cl)[nH]n3)C2)cc1. The van der Waals surface area contributed by atoms with E-state index < -0.39 is 0 Å². The molecule has 0 saturated carbocycles. The van der Waals surface area contributed by atoms with Gasteiger partial charge in [-0.05, 0) is 42.3 Å². The highest BCUT2D eigenvalue weighted by Gasteiger charge is 2.28. The fourth-order valence-electron chi connectivity index (χ4n) is 3.81. The van der Waals surface area contributed by atoms with E-state index in [1.165, 1.54) is 0 Å². The lowest BCUT2D eigenvalue weighted by Crippen LogP contribution is -2.29. The molecule has 162 valence electrons. The Morgan fingerprint density at radius 2 is 2.03 bits per heavy atom. The van der Waals surface area contributed by atoms with Crippen LogP contribution in [0.2, 0.25) is 5.02 Å². The van der Waals surface area contributed by atoms with Gasteiger partial charge < -0.3 is 14.4 Å². The molecule has 1 fully saturated rings. The Hall–Kier alpha value is -2.99. The van der Waals surface area contributed by atoms with Crippen molar-refractivity contribution in [2.75, 3.05) is 26.8 Å². The van der Waals surface area contributed by atoms with Crippen LogP contribution in [-0.4, -0.2) is 47.8 Å². The quantitative estimate of drug-likeness (QED) is 0.569. The molecule has 0 aliphatic carbocycles. The van der Waals surface area contributed by atoms with Crippen molar-refractivity contribution in [2.24, 2.45) is 0 Å². The second-order valence-electron chi connectivity index (χ2n) is 7.70. The fraction of sp³-hybridized carbons (Fsp3) is 0.333. The summed E-state index contributed by atoms with van der Waals surface area (Å²) in [5.41, 5.74) is 3.02. The van der Waals surface area contributed by atoms with E-state index in [1.54, 1.807) is 7.11 Å². The molecule has 3 aromatic rings. The minimum atomic E-state index is 0.150. The second kappa shape index (κ2) is 9.88. The first-order valence-electron chi connectivity index (χ1n) is 10.4. The summed E-state index contributed by atoms with van der Waals surface area (Å²) < 4.78 is 10.9. The topological polar surface area (TPSA) is 67.4 Å². The molecule has 4 rings (SSSR count). The summed E-state index contributed by atoms with van der Waals surface area (Å²) >= 11 is 6.12. The van der Waals surface area contributed by atoms with Crippen molar-refractivity contribution in [2.45, 2.75) is 25.2 Å². The molecule has 1 saturated heterocycles. The van der Waals surface area contributed by atoms with Gasteiger partial charge >= 0.3 is 0 Å². The Balaban J connectivity index is 1.26. The van der Waals surface area contributed by atoms with Crippen molar-refractivity contribution >= 4 is 17.5 Å². The number of rotatable bonds is 8. The number of aromatic amines is 1. The highest BCUT2D eigenvalue weighted by molar-refractivity contribution is 6.32. The average Bonchev–Trinajstić information content (AvgIpc) is 3.45. The van der Waals surface area contributed by atoms with Gasteiger partial charge in [0.15, 0.2) is 0 Å². The highest BCUT2D eigenvalue weighted by atomic mass is 35.5. The minimum Gasteiger partial charge on any atom is -0.497 e. The first-order chi connectivity index (χ1) is 15.1. The lowest BCUT2D eigenvalue weighted by atomic mass is 10.0. The Morgan fingerprint density at radius 3 is 2.81 bits per heavy atom. The number of likely N-dealkylation sites (tertiary alicyclic amines) is 1. The first kappa shape index (κ1) is 21.2. The zero-order valence-electron chi connectivity index (χ0n) is 17.5. The molecule has 7 heteroatoms. The van der Waals surface area contributed by atoms with Gasteiger partial charge in [-0.2, -0.15) is 5.10 Å². The minimum absolute atomic E-state index is 0.150. The van der Waals surface area contributed by atoms with Gasteiger partial charge in [0, 0.05) is 31.1 Å². The fourth-order valence-corrected chi connectivity index (χ4v) is 4.00. The Kier molecular flexibility index (Phi) is 6.77. The number of nitrogens with zero attached hydrogens (tertiary/aromatic N) is 2. The van der Waals surface area contributed by atoms with E-state index in [9.17, 15) is 4.79 Å². The van der Waals surface area contributed by atoms with Gasteiger partial charge in [0.05, 0.1) is 30.9 Å². The average molecular weight is 440 g/mol. The number of hydrogen-bond acceptors (Lipinski definition) is 4. The number of hydrogen-bond donors (Lipinski definition) is 1. The van der Waals surface area contributed by atoms with Gasteiger partial charge in [0.25, 0.3) is 0 Å². The standard InChI is InChI=1S/C24H26ClN3O3/c1-30-20-8-6-17(7-9-20)14-24(29)28-12-10-18(16-28)22-15-19(26-27-22)11-13-31-23-5-3-2-4-21(23)25/h2-9,15,18H,10-14,16H2,1H3,(H,26,27)/t18-/m0/s1. The summed E-state index contributed by atoms with van der Waals surface area (Å²) in [5.74, 6) is 1.89. The Labute approximate surface area is 187 Å². The van der Waals surface area contributed by atoms with Crippen molar-refractivity contribution < 1.29 is 14.3 Å². The number of ether oxygens (including phenoxy) is 2. The maximum absolute atomic E-state index is 12.7. The summed E-state index contributed by atoms with van der Waals surface area (Å²) in [6, 6.07) is 17.2. The van der Waals surface area contributed by atoms with E-state index in [0.29, 0.717) is 36.8 Å². The molecule has 1 amide bonds. The maximum Gasteiger partial charge on any atom is 0.227 e. The van der Waals surface area contributed by atoms with Crippen LogP contribution in [-0.2, 0) is 17.6 Å². The summed E-state index contributed by atoms with van der Waals surface area (Å²) in [7, 11) is 1.64. The van der Waals surface area contributed by atoms with Crippen LogP contribution >= 0.6 is 11.6 Å². The number of carbonyl (C=O) groups excluding carboxylic acids is 1. The van der Waals surface area contributed by atoms with Crippen LogP contribution in [0.5, 0.6) is 11.5 Å². The molecular formula is C24H26ClN3O3. The van der Waals surface area contributed by atoms with Gasteiger partial charge in [-0.3, -0.25) is 9.89 Å². The van der Waals surface area contributed by atoms with Crippen LogP contribution in [0.1, 0.15) is 29.3 Å². The highest BCUT2D eigenvalue weighted by Crippen LogP contribution is 2.27. The molecule has 1 aliphatic rings. The molecule has 2 aromatic carbocycles. The predicted octanol–water partition coefficient (Wildman–Crippen LogP) is 4.25. The number of para-hydroxylation sites is 1. The van der Waals surface area contributed by atoms with Crippen LogP contribution < -0.4 is 9.47 Å². The van der Waals surface area contributed by atoms with Crippen LogP contribution in [0, 0.1) is 0 Å². The van der Waals surface area contributed by atoms with Crippen LogP contribution in [0.15, 0.2) is 54.6 Å². The maximum atomic E-state index is 12.7. The van der Waals surface area contributed by atoms with Crippen molar-refractivity contribution in [1.82, 2.24) is 15.1 Å². The van der Waals surface area contributed by atoms with Crippen molar-refractivity contribution in [1.29, 1.82) is 0 Å². The van der Waals surface area contributed by atoms with Gasteiger partial charge in [-0.25, -0.2) is 0 Å². The lowest BCUT2D eigenvalue weighted by Gasteiger charge is -2.16. The molecule has 0 radical (unpaired) electrons. The number of amides is 1. The van der Waals surface area contributed by atoms with Gasteiger partial charge in [-0.15, -0.1) is 0 Å². The monoisotopic (exact) mass is 439 g/mol. The van der Waals surface area contributed by atoms with Gasteiger partial charge in [0.1, 0.15) is 11.5 Å². The molecule has 1 aliphatic heterocycles. The zero-order chi connectivity index (χ0) is 21.6. The van der Waals surface area contributed by atoms with Crippen LogP contribution in [0.3, 0.4) is 0 Å². The largest absolute Gasteiger partial charge is 0.497 e. The van der Waals surface area contributed by atoms with E-state index in [1.807, 2.05) is 53.4 Å². The molecular weight excluding hydrogens is 414 g/mol. The van der Waals surface area contributed by atoms with E-state index in [2.05, 4.69) is 16.3 Å². The lowest BCUT2D eigenvalue weighted by molar-refractivity contribution is -0.129. The molecule has 1 aromatic heterocycles. The first-order valence-corrected chi connectivity index (χ1v) is 10.8. The molecule has 1 atom stereocenters. The Bertz CT molecular complexity index is 1020. The number of H-pyrrole nitrogens is 1. The third-order valence-electron chi connectivity index (χ3n) is 5.59. The number of benzene rings is 2. The third-order valence-corrected chi connectivity index (χ3v) is 5.90. The van der Waals surface area contributed by atoms with E-state index in [-0.39, 0.29) is 11.8 Å². The summed E-state index contributed by atoms with van der Waals surface area (Å²) in [6.07, 6.45) is 2.04. The van der Waals surface area contributed by atoms with Crippen LogP contribution in [0.25, 0.3) is 0 Å². The number of nitrogens with one attached hydrogen (secondary N) is 1. The molecule has 1 N–H and O–H groups in total. The van der Waals surface area contributed by atoms with Gasteiger partial charge in [0.2, 0.25) is 5.91 Å². The third kappa shape index (κ3) is 5.39. The summed E-state index contributed by atoms with van der Waals surface area (Å²) in [4.78, 5) is 14.6. The zero-order valence-corrected chi connectivity index (χ0v) is 18.3. The van der Waals surface area contributed by atoms with Crippen molar-refractivity contribution in [3.05, 3.63) is 76.6 Å². The number of methoxy groups -OCH3 is 1. The van der Waals surface area contributed by atoms with Gasteiger partial charge in [-0.1, -0.05) is 35.9 Å².